The van der Waals surface area contributed by atoms with Gasteiger partial charge >= 0.3 is 6.09 Å². The number of carbonyl (C=O) groups excluding carboxylic acids is 1. The smallest absolute Gasteiger partial charge is 0.408 e. The molecule has 0 saturated carbocycles. The van der Waals surface area contributed by atoms with Crippen LogP contribution in [0.4, 0.5) is 13.6 Å². The normalized spacial score (nSPS) is 16.7. The number of nitrogens with two attached hydrogens (primary N) is 1. The van der Waals surface area contributed by atoms with Gasteiger partial charge in [-0.1, -0.05) is 26.0 Å². The Bertz CT molecular complexity index is 817. The van der Waals surface area contributed by atoms with Crippen LogP contribution in [0.15, 0.2) is 36.7 Å². The van der Waals surface area contributed by atoms with Gasteiger partial charge in [0.05, 0.1) is 17.4 Å². The van der Waals surface area contributed by atoms with Crippen LogP contribution in [0.25, 0.3) is 0 Å². The zero-order chi connectivity index (χ0) is 24.7. The van der Waals surface area contributed by atoms with Crippen LogP contribution >= 0.6 is 0 Å². The van der Waals surface area contributed by atoms with Gasteiger partial charge < -0.3 is 15.8 Å². The van der Waals surface area contributed by atoms with Gasteiger partial charge in [-0.05, 0) is 52.2 Å². The third kappa shape index (κ3) is 10.3. The number of halogens is 2. The summed E-state index contributed by atoms with van der Waals surface area (Å²) in [4.78, 5) is 20.6. The molecule has 1 heterocycles. The van der Waals surface area contributed by atoms with Crippen LogP contribution in [0.2, 0.25) is 0 Å². The Morgan fingerprint density at radius 2 is 1.56 bits per heavy atom. The number of hydrogen-bond acceptors (Lipinski definition) is 5. The number of carbonyl (C=O) groups is 1. The van der Waals surface area contributed by atoms with Crippen molar-refractivity contribution in [2.24, 2.45) is 5.73 Å². The van der Waals surface area contributed by atoms with Crippen molar-refractivity contribution in [1.29, 1.82) is 0 Å². The molecule has 2 aromatic rings. The van der Waals surface area contributed by atoms with E-state index in [0.717, 1.165) is 42.8 Å². The van der Waals surface area contributed by atoms with E-state index in [0.29, 0.717) is 0 Å². The largest absolute Gasteiger partial charge is 0.444 e. The number of amides is 1. The highest BCUT2D eigenvalue weighted by molar-refractivity contribution is 5.68. The highest BCUT2D eigenvalue weighted by Gasteiger charge is 2.28. The fourth-order valence-electron chi connectivity index (χ4n) is 2.76. The molecule has 1 aromatic carbocycles. The minimum Gasteiger partial charge on any atom is -0.444 e. The van der Waals surface area contributed by atoms with Crippen molar-refractivity contribution in [3.63, 3.8) is 0 Å². The molecule has 8 heteroatoms. The average Bonchev–Trinajstić information content (AvgIpc) is 2.92. The summed E-state index contributed by atoms with van der Waals surface area (Å²) in [6, 6.07) is 4.73. The van der Waals surface area contributed by atoms with Crippen LogP contribution < -0.4 is 11.1 Å². The molecule has 0 bridgehead atoms. The third-order valence-corrected chi connectivity index (χ3v) is 3.96. The number of alkyl carbamates (subject to hydrolysis) is 1. The number of rotatable bonds is 1. The molecule has 0 spiro atoms. The Kier molecular flexibility index (Phi) is 13.5. The van der Waals surface area contributed by atoms with Crippen molar-refractivity contribution in [3.05, 3.63) is 59.7 Å². The number of nitrogens with one attached hydrogen (secondary N) is 1. The monoisotopic (exact) mass is 448 g/mol. The van der Waals surface area contributed by atoms with E-state index < -0.39 is 23.3 Å². The van der Waals surface area contributed by atoms with Crippen LogP contribution in [0.3, 0.4) is 0 Å². The molecular weight excluding hydrogens is 414 g/mol. The maximum Gasteiger partial charge on any atom is 0.408 e. The molecule has 3 N–H and O–H groups in total. The van der Waals surface area contributed by atoms with Gasteiger partial charge in [-0.2, -0.15) is 0 Å². The second-order valence-electron chi connectivity index (χ2n) is 7.48. The molecule has 1 amide bonds. The van der Waals surface area contributed by atoms with Gasteiger partial charge in [-0.3, -0.25) is 9.97 Å². The molecule has 1 aliphatic carbocycles. The summed E-state index contributed by atoms with van der Waals surface area (Å²) in [6.07, 6.45) is 13.4. The minimum atomic E-state index is -0.799. The molecule has 0 aliphatic heterocycles. The van der Waals surface area contributed by atoms with E-state index in [-0.39, 0.29) is 12.1 Å². The summed E-state index contributed by atoms with van der Waals surface area (Å²) in [7, 11) is 0. The van der Waals surface area contributed by atoms with E-state index in [1.807, 2.05) is 34.6 Å². The fraction of sp³-hybridized carbons (Fsp3) is 0.458. The summed E-state index contributed by atoms with van der Waals surface area (Å²) in [5.41, 5.74) is 7.10. The van der Waals surface area contributed by atoms with Crippen LogP contribution in [0.5, 0.6) is 0 Å². The third-order valence-electron chi connectivity index (χ3n) is 3.96. The molecule has 0 radical (unpaired) electrons. The van der Waals surface area contributed by atoms with Crippen molar-refractivity contribution < 1.29 is 18.3 Å². The Labute approximate surface area is 190 Å². The van der Waals surface area contributed by atoms with E-state index in [1.54, 1.807) is 12.4 Å². The predicted octanol–water partition coefficient (Wildman–Crippen LogP) is 5.47. The lowest BCUT2D eigenvalue weighted by atomic mass is 10.1. The van der Waals surface area contributed by atoms with Crippen molar-refractivity contribution in [2.75, 3.05) is 0 Å². The second kappa shape index (κ2) is 14.9. The van der Waals surface area contributed by atoms with Crippen molar-refractivity contribution in [2.45, 2.75) is 71.6 Å². The van der Waals surface area contributed by atoms with Crippen molar-refractivity contribution in [1.82, 2.24) is 15.3 Å². The van der Waals surface area contributed by atoms with Gasteiger partial charge in [0.1, 0.15) is 5.60 Å². The van der Waals surface area contributed by atoms with E-state index in [1.165, 1.54) is 12.1 Å². The molecule has 3 rings (SSSR count). The van der Waals surface area contributed by atoms with Gasteiger partial charge in [0.25, 0.3) is 0 Å². The van der Waals surface area contributed by atoms with Crippen LogP contribution in [-0.2, 0) is 4.74 Å². The standard InChI is InChI=1S/C14H22N4O2.C6H4F2.C2H6.C2H2/c1-14(2,3)20-13(19)18-10-6-4-5-9(15)11-12(10)17-8-7-16-11;7-5-3-1-2-4-6(5)8;2*1-2/h7-10H,4-6,15H2,1-3H3,(H,18,19);1-4H;1-2H3;1-2H/t9-,10+;;;/m1.../s1. The van der Waals surface area contributed by atoms with Gasteiger partial charge in [-0.15, -0.1) is 12.8 Å². The molecule has 176 valence electrons. The lowest BCUT2D eigenvalue weighted by molar-refractivity contribution is 0.0499. The van der Waals surface area contributed by atoms with Crippen LogP contribution in [0.1, 0.15) is 77.4 Å². The molecular formula is C24H34F2N4O2. The number of aromatic nitrogens is 2. The van der Waals surface area contributed by atoms with Crippen molar-refractivity contribution >= 4 is 6.09 Å². The average molecular weight is 449 g/mol. The number of nitrogens with zero attached hydrogens (tertiary/aromatic N) is 2. The lowest BCUT2D eigenvalue weighted by Crippen LogP contribution is -2.35. The molecule has 0 saturated heterocycles. The zero-order valence-electron chi connectivity index (χ0n) is 19.4. The maximum atomic E-state index is 11.9. The first-order chi connectivity index (χ1) is 15.2. The van der Waals surface area contributed by atoms with Gasteiger partial charge in [0.15, 0.2) is 11.6 Å². The van der Waals surface area contributed by atoms with E-state index >= 15 is 0 Å². The van der Waals surface area contributed by atoms with E-state index in [2.05, 4.69) is 28.1 Å². The highest BCUT2D eigenvalue weighted by Crippen LogP contribution is 2.30. The predicted molar refractivity (Wildman–Crippen MR) is 123 cm³/mol. The van der Waals surface area contributed by atoms with Crippen molar-refractivity contribution in [3.8, 4) is 12.8 Å². The van der Waals surface area contributed by atoms with Crippen LogP contribution in [-0.4, -0.2) is 21.7 Å². The highest BCUT2D eigenvalue weighted by atomic mass is 19.2. The quantitative estimate of drug-likeness (QED) is 0.446. The first-order valence-corrected chi connectivity index (χ1v) is 10.5. The number of benzene rings is 1. The number of fused-ring (bicyclic) bond motifs is 1. The Balaban J connectivity index is 0.000000666. The molecule has 1 aromatic heterocycles. The Morgan fingerprint density at radius 1 is 1.06 bits per heavy atom. The summed E-state index contributed by atoms with van der Waals surface area (Å²) in [6.45, 7) is 9.51. The number of hydrogen-bond donors (Lipinski definition) is 2. The molecule has 0 unspecified atom stereocenters. The van der Waals surface area contributed by atoms with Gasteiger partial charge in [0.2, 0.25) is 0 Å². The topological polar surface area (TPSA) is 90.1 Å². The van der Waals surface area contributed by atoms with Gasteiger partial charge in [-0.25, -0.2) is 13.6 Å². The van der Waals surface area contributed by atoms with E-state index in [9.17, 15) is 13.6 Å². The zero-order valence-corrected chi connectivity index (χ0v) is 19.4. The molecule has 0 fully saturated rings. The minimum absolute atomic E-state index is 0.121. The van der Waals surface area contributed by atoms with E-state index in [4.69, 9.17) is 10.5 Å². The van der Waals surface area contributed by atoms with Gasteiger partial charge in [0, 0.05) is 18.4 Å². The summed E-state index contributed by atoms with van der Waals surface area (Å²) < 4.78 is 29.2. The fourth-order valence-corrected chi connectivity index (χ4v) is 2.76. The summed E-state index contributed by atoms with van der Waals surface area (Å²) in [5, 5.41) is 2.87. The first-order valence-electron chi connectivity index (χ1n) is 10.5. The summed E-state index contributed by atoms with van der Waals surface area (Å²) >= 11 is 0. The van der Waals surface area contributed by atoms with Crippen LogP contribution in [0, 0.1) is 24.5 Å². The molecule has 32 heavy (non-hydrogen) atoms. The SMILES string of the molecule is C#C.CC.CC(C)(C)OC(=O)N[C@H]1CCC[C@@H](N)c2nccnc21.Fc1ccccc1F. The lowest BCUT2D eigenvalue weighted by Gasteiger charge is -2.23. The number of ether oxygens (including phenoxy) is 1. The molecule has 1 aliphatic rings. The summed E-state index contributed by atoms with van der Waals surface area (Å²) in [5.74, 6) is -1.60. The second-order valence-corrected chi connectivity index (χ2v) is 7.48. The number of terminal acetylenes is 1. The molecule has 6 nitrogen and oxygen atoms in total. The first kappa shape index (κ1) is 28.9. The Morgan fingerprint density at radius 3 is 2.03 bits per heavy atom. The molecule has 2 atom stereocenters. The maximum absolute atomic E-state index is 11.9. The Hall–Kier alpha value is -3.05.